The molecule has 1 fully saturated rings. The molecule has 3 heterocycles. The predicted octanol–water partition coefficient (Wildman–Crippen LogP) is 2.41. The van der Waals surface area contributed by atoms with Gasteiger partial charge in [0.2, 0.25) is 0 Å². The van der Waals surface area contributed by atoms with Gasteiger partial charge in [-0.3, -0.25) is 9.88 Å². The molecule has 0 amide bonds. The van der Waals surface area contributed by atoms with Crippen LogP contribution in [-0.4, -0.2) is 32.0 Å². The molecule has 1 aliphatic heterocycles. The molecule has 0 saturated carbocycles. The highest BCUT2D eigenvalue weighted by molar-refractivity contribution is 5.10. The van der Waals surface area contributed by atoms with E-state index >= 15 is 0 Å². The van der Waals surface area contributed by atoms with Gasteiger partial charge in [0.25, 0.3) is 0 Å². The zero-order valence-corrected chi connectivity index (χ0v) is 12.1. The van der Waals surface area contributed by atoms with Crippen LogP contribution in [0.2, 0.25) is 0 Å². The third kappa shape index (κ3) is 3.07. The Labute approximate surface area is 120 Å². The molecular formula is C16H22N4. The van der Waals surface area contributed by atoms with Crippen LogP contribution in [0.1, 0.15) is 30.7 Å². The van der Waals surface area contributed by atoms with Gasteiger partial charge in [-0.15, -0.1) is 0 Å². The van der Waals surface area contributed by atoms with Gasteiger partial charge in [-0.1, -0.05) is 0 Å². The van der Waals surface area contributed by atoms with E-state index < -0.39 is 0 Å². The molecule has 1 unspecified atom stereocenters. The molecule has 0 spiro atoms. The number of likely N-dealkylation sites (tertiary alicyclic amines) is 1. The van der Waals surface area contributed by atoms with Crippen LogP contribution >= 0.6 is 0 Å². The molecular weight excluding hydrogens is 248 g/mol. The van der Waals surface area contributed by atoms with Crippen molar-refractivity contribution >= 4 is 0 Å². The lowest BCUT2D eigenvalue weighted by molar-refractivity contribution is 0.227. The van der Waals surface area contributed by atoms with Gasteiger partial charge in [-0.2, -0.15) is 0 Å². The van der Waals surface area contributed by atoms with E-state index in [9.17, 15) is 0 Å². The molecule has 1 atom stereocenters. The number of imidazole rings is 1. The Morgan fingerprint density at radius 2 is 2.10 bits per heavy atom. The third-order valence-corrected chi connectivity index (χ3v) is 4.28. The van der Waals surface area contributed by atoms with Crippen molar-refractivity contribution in [3.8, 4) is 0 Å². The van der Waals surface area contributed by atoms with Gasteiger partial charge in [0.15, 0.2) is 0 Å². The van der Waals surface area contributed by atoms with E-state index in [1.165, 1.54) is 37.2 Å². The van der Waals surface area contributed by atoms with Gasteiger partial charge in [-0.25, -0.2) is 4.98 Å². The molecule has 0 bridgehead atoms. The number of aryl methyl sites for hydroxylation is 2. The minimum absolute atomic E-state index is 0.694. The number of hydrogen-bond acceptors (Lipinski definition) is 3. The lowest BCUT2D eigenvalue weighted by atomic mass is 10.0. The van der Waals surface area contributed by atoms with E-state index in [-0.39, 0.29) is 0 Å². The average Bonchev–Trinajstić information content (AvgIpc) is 3.08. The molecule has 0 N–H and O–H groups in total. The quantitative estimate of drug-likeness (QED) is 0.836. The predicted molar refractivity (Wildman–Crippen MR) is 79.2 cm³/mol. The monoisotopic (exact) mass is 270 g/mol. The van der Waals surface area contributed by atoms with Gasteiger partial charge in [0.1, 0.15) is 5.82 Å². The summed E-state index contributed by atoms with van der Waals surface area (Å²) in [4.78, 5) is 11.1. The maximum atomic E-state index is 4.45. The van der Waals surface area contributed by atoms with E-state index in [4.69, 9.17) is 0 Å². The van der Waals surface area contributed by atoms with Crippen LogP contribution in [0.25, 0.3) is 0 Å². The summed E-state index contributed by atoms with van der Waals surface area (Å²) in [5.41, 5.74) is 1.39. The molecule has 106 valence electrons. The Morgan fingerprint density at radius 1 is 1.25 bits per heavy atom. The minimum atomic E-state index is 0.694. The van der Waals surface area contributed by atoms with Crippen molar-refractivity contribution in [2.75, 3.05) is 6.54 Å². The Bertz CT molecular complexity index is 534. The van der Waals surface area contributed by atoms with E-state index in [0.717, 1.165) is 13.0 Å². The first-order valence-electron chi connectivity index (χ1n) is 7.42. The fourth-order valence-corrected chi connectivity index (χ4v) is 3.04. The molecule has 0 aliphatic carbocycles. The first-order valence-corrected chi connectivity index (χ1v) is 7.42. The van der Waals surface area contributed by atoms with Crippen molar-refractivity contribution in [1.82, 2.24) is 19.4 Å². The van der Waals surface area contributed by atoms with E-state index in [2.05, 4.69) is 38.6 Å². The Hall–Kier alpha value is -1.68. The normalized spacial score (nSPS) is 19.6. The summed E-state index contributed by atoms with van der Waals surface area (Å²) in [5, 5.41) is 0. The van der Waals surface area contributed by atoms with Gasteiger partial charge < -0.3 is 4.57 Å². The third-order valence-electron chi connectivity index (χ3n) is 4.28. The highest BCUT2D eigenvalue weighted by atomic mass is 15.2. The van der Waals surface area contributed by atoms with E-state index in [1.807, 2.05) is 24.8 Å². The van der Waals surface area contributed by atoms with Crippen LogP contribution < -0.4 is 0 Å². The molecule has 2 aromatic rings. The number of pyridine rings is 1. The maximum absolute atomic E-state index is 4.45. The number of rotatable bonds is 5. The smallest absolute Gasteiger partial charge is 0.122 e. The summed E-state index contributed by atoms with van der Waals surface area (Å²) in [6.07, 6.45) is 12.7. The highest BCUT2D eigenvalue weighted by Gasteiger charge is 2.25. The second-order valence-corrected chi connectivity index (χ2v) is 5.62. The van der Waals surface area contributed by atoms with Crippen molar-refractivity contribution in [1.29, 1.82) is 0 Å². The van der Waals surface area contributed by atoms with Crippen molar-refractivity contribution in [3.63, 3.8) is 0 Å². The molecule has 1 saturated heterocycles. The average molecular weight is 270 g/mol. The molecule has 4 nitrogen and oxygen atoms in total. The minimum Gasteiger partial charge on any atom is -0.337 e. The zero-order valence-electron chi connectivity index (χ0n) is 12.1. The lowest BCUT2D eigenvalue weighted by Crippen LogP contribution is -2.30. The molecule has 3 rings (SSSR count). The lowest BCUT2D eigenvalue weighted by Gasteiger charge is -2.24. The highest BCUT2D eigenvalue weighted by Crippen LogP contribution is 2.23. The SMILES string of the molecule is Cn1ccnc1CN1CCCC1CCc1ccncc1. The maximum Gasteiger partial charge on any atom is 0.122 e. The fraction of sp³-hybridized carbons (Fsp3) is 0.500. The van der Waals surface area contributed by atoms with Crippen LogP contribution in [0.15, 0.2) is 36.9 Å². The van der Waals surface area contributed by atoms with Crippen molar-refractivity contribution in [2.24, 2.45) is 7.05 Å². The van der Waals surface area contributed by atoms with Crippen LogP contribution in [0.3, 0.4) is 0 Å². The summed E-state index contributed by atoms with van der Waals surface area (Å²) in [7, 11) is 2.07. The van der Waals surface area contributed by atoms with E-state index in [0.29, 0.717) is 6.04 Å². The summed E-state index contributed by atoms with van der Waals surface area (Å²) in [6.45, 7) is 2.18. The molecule has 0 aromatic carbocycles. The summed E-state index contributed by atoms with van der Waals surface area (Å²) >= 11 is 0. The number of nitrogens with zero attached hydrogens (tertiary/aromatic N) is 4. The molecule has 20 heavy (non-hydrogen) atoms. The van der Waals surface area contributed by atoms with Crippen LogP contribution in [0.4, 0.5) is 0 Å². The van der Waals surface area contributed by atoms with Gasteiger partial charge in [-0.05, 0) is 49.9 Å². The largest absolute Gasteiger partial charge is 0.337 e. The first-order chi connectivity index (χ1) is 9.83. The summed E-state index contributed by atoms with van der Waals surface area (Å²) in [5.74, 6) is 1.17. The van der Waals surface area contributed by atoms with Crippen LogP contribution in [0.5, 0.6) is 0 Å². The fourth-order valence-electron chi connectivity index (χ4n) is 3.04. The van der Waals surface area contributed by atoms with Crippen LogP contribution in [-0.2, 0) is 20.0 Å². The topological polar surface area (TPSA) is 34.0 Å². The van der Waals surface area contributed by atoms with Gasteiger partial charge >= 0.3 is 0 Å². The standard InChI is InChI=1S/C16H22N4/c1-19-12-10-18-16(19)13-20-11-2-3-15(20)5-4-14-6-8-17-9-7-14/h6-10,12,15H,2-5,11,13H2,1H3. The number of hydrogen-bond donors (Lipinski definition) is 0. The zero-order chi connectivity index (χ0) is 13.8. The van der Waals surface area contributed by atoms with Crippen molar-refractivity contribution in [2.45, 2.75) is 38.3 Å². The number of aromatic nitrogens is 3. The second-order valence-electron chi connectivity index (χ2n) is 5.62. The summed E-state index contributed by atoms with van der Waals surface area (Å²) in [6, 6.07) is 4.94. The first kappa shape index (κ1) is 13.3. The van der Waals surface area contributed by atoms with Crippen LogP contribution in [0, 0.1) is 0 Å². The van der Waals surface area contributed by atoms with E-state index in [1.54, 1.807) is 0 Å². The van der Waals surface area contributed by atoms with Crippen molar-refractivity contribution < 1.29 is 0 Å². The second kappa shape index (κ2) is 6.18. The Balaban J connectivity index is 1.57. The van der Waals surface area contributed by atoms with Gasteiger partial charge in [0, 0.05) is 37.9 Å². The summed E-state index contributed by atoms with van der Waals surface area (Å²) < 4.78 is 2.12. The molecule has 2 aromatic heterocycles. The van der Waals surface area contributed by atoms with Crippen molar-refractivity contribution in [3.05, 3.63) is 48.3 Å². The molecule has 0 radical (unpaired) electrons. The van der Waals surface area contributed by atoms with Gasteiger partial charge in [0.05, 0.1) is 6.54 Å². The molecule has 1 aliphatic rings. The Kier molecular flexibility index (Phi) is 4.11. The molecule has 4 heteroatoms. The Morgan fingerprint density at radius 3 is 2.85 bits per heavy atom.